The summed E-state index contributed by atoms with van der Waals surface area (Å²) in [4.78, 5) is 10.3. The Kier molecular flexibility index (Phi) is 2.81. The number of ether oxygens (including phenoxy) is 3. The van der Waals surface area contributed by atoms with Gasteiger partial charge >= 0.3 is 5.97 Å². The second-order valence-corrected chi connectivity index (χ2v) is 2.12. The van der Waals surface area contributed by atoms with E-state index in [0.717, 1.165) is 0 Å². The van der Waals surface area contributed by atoms with Gasteiger partial charge in [-0.15, -0.1) is 0 Å². The van der Waals surface area contributed by atoms with Crippen molar-refractivity contribution in [3.8, 4) is 0 Å². The summed E-state index contributed by atoms with van der Waals surface area (Å²) in [5.41, 5.74) is 0. The molecular formula is C6H10O5. The monoisotopic (exact) mass is 162 g/mol. The molecule has 0 atom stereocenters. The fraction of sp³-hybridized carbons (Fsp3) is 0.833. The number of carbonyl (C=O) groups excluding carboxylic acids is 1. The van der Waals surface area contributed by atoms with Crippen LogP contribution in [0.5, 0.6) is 0 Å². The average Bonchev–Trinajstić information content (AvgIpc) is 1.84. The molecule has 0 aromatic heterocycles. The highest BCUT2D eigenvalue weighted by atomic mass is 16.9. The summed E-state index contributed by atoms with van der Waals surface area (Å²) in [6.45, 7) is 1.23. The Hall–Kier alpha value is -0.650. The standard InChI is InChI=1S/C6H10O5/c1-4(8)9-3-6-10-5(2-7)11-6/h5-7H,2-3H2,1H3. The van der Waals surface area contributed by atoms with Gasteiger partial charge in [0.1, 0.15) is 6.61 Å². The summed E-state index contributed by atoms with van der Waals surface area (Å²) >= 11 is 0. The fourth-order valence-corrected chi connectivity index (χ4v) is 0.699. The van der Waals surface area contributed by atoms with Crippen molar-refractivity contribution < 1.29 is 24.1 Å². The van der Waals surface area contributed by atoms with Crippen molar-refractivity contribution in [2.24, 2.45) is 0 Å². The van der Waals surface area contributed by atoms with Crippen LogP contribution in [-0.4, -0.2) is 36.9 Å². The molecule has 0 aromatic rings. The molecule has 1 saturated heterocycles. The van der Waals surface area contributed by atoms with Crippen molar-refractivity contribution in [2.45, 2.75) is 19.5 Å². The first-order chi connectivity index (χ1) is 5.22. The third kappa shape index (κ3) is 2.45. The number of esters is 1. The Morgan fingerprint density at radius 2 is 2.18 bits per heavy atom. The third-order valence-corrected chi connectivity index (χ3v) is 1.18. The van der Waals surface area contributed by atoms with Crippen molar-refractivity contribution >= 4 is 5.97 Å². The van der Waals surface area contributed by atoms with Crippen LogP contribution in [0.3, 0.4) is 0 Å². The summed E-state index contributed by atoms with van der Waals surface area (Å²) in [6.07, 6.45) is -1.05. The molecule has 1 N–H and O–H groups in total. The van der Waals surface area contributed by atoms with Gasteiger partial charge in [0.25, 0.3) is 0 Å². The lowest BCUT2D eigenvalue weighted by Crippen LogP contribution is -2.46. The number of carbonyl (C=O) groups is 1. The summed E-state index contributed by atoms with van der Waals surface area (Å²) < 4.78 is 14.3. The number of aliphatic hydroxyl groups is 1. The van der Waals surface area contributed by atoms with Gasteiger partial charge in [-0.05, 0) is 0 Å². The average molecular weight is 162 g/mol. The summed E-state index contributed by atoms with van der Waals surface area (Å²) in [5.74, 6) is -0.371. The molecule has 5 heteroatoms. The molecule has 0 amide bonds. The molecule has 1 aliphatic heterocycles. The predicted molar refractivity (Wildman–Crippen MR) is 33.5 cm³/mol. The summed E-state index contributed by atoms with van der Waals surface area (Å²) in [5, 5.41) is 8.42. The highest BCUT2D eigenvalue weighted by Crippen LogP contribution is 2.15. The van der Waals surface area contributed by atoms with Gasteiger partial charge in [0.2, 0.25) is 0 Å². The van der Waals surface area contributed by atoms with Crippen LogP contribution in [0, 0.1) is 0 Å². The fourth-order valence-electron chi connectivity index (χ4n) is 0.699. The highest BCUT2D eigenvalue weighted by Gasteiger charge is 2.30. The minimum atomic E-state index is -0.546. The number of aliphatic hydroxyl groups excluding tert-OH is 1. The van der Waals surface area contributed by atoms with Crippen molar-refractivity contribution in [1.82, 2.24) is 0 Å². The molecule has 0 saturated carbocycles. The smallest absolute Gasteiger partial charge is 0.302 e. The second-order valence-electron chi connectivity index (χ2n) is 2.12. The van der Waals surface area contributed by atoms with Gasteiger partial charge in [-0.25, -0.2) is 0 Å². The summed E-state index contributed by atoms with van der Waals surface area (Å²) in [7, 11) is 0. The largest absolute Gasteiger partial charge is 0.460 e. The molecule has 1 rings (SSSR count). The Morgan fingerprint density at radius 1 is 1.55 bits per heavy atom. The first-order valence-electron chi connectivity index (χ1n) is 3.27. The molecule has 0 spiro atoms. The molecule has 1 aliphatic rings. The van der Waals surface area contributed by atoms with Gasteiger partial charge in [-0.2, -0.15) is 0 Å². The van der Waals surface area contributed by atoms with E-state index in [1.807, 2.05) is 0 Å². The minimum Gasteiger partial charge on any atom is -0.460 e. The quantitative estimate of drug-likeness (QED) is 0.552. The molecule has 1 fully saturated rings. The van der Waals surface area contributed by atoms with E-state index in [2.05, 4.69) is 4.74 Å². The lowest BCUT2D eigenvalue weighted by Gasteiger charge is -2.34. The van der Waals surface area contributed by atoms with E-state index in [1.54, 1.807) is 0 Å². The van der Waals surface area contributed by atoms with Crippen LogP contribution < -0.4 is 0 Å². The van der Waals surface area contributed by atoms with E-state index in [9.17, 15) is 4.79 Å². The maximum atomic E-state index is 10.3. The first kappa shape index (κ1) is 8.45. The minimum absolute atomic E-state index is 0.0891. The van der Waals surface area contributed by atoms with E-state index in [-0.39, 0.29) is 19.2 Å². The van der Waals surface area contributed by atoms with Gasteiger partial charge in [0, 0.05) is 6.92 Å². The highest BCUT2D eigenvalue weighted by molar-refractivity contribution is 5.65. The van der Waals surface area contributed by atoms with Gasteiger partial charge < -0.3 is 19.3 Å². The Balaban J connectivity index is 2.00. The predicted octanol–water partition coefficient (Wildman–Crippen LogP) is -0.759. The van der Waals surface area contributed by atoms with E-state index < -0.39 is 12.6 Å². The van der Waals surface area contributed by atoms with Crippen molar-refractivity contribution in [2.75, 3.05) is 13.2 Å². The molecule has 0 bridgehead atoms. The molecule has 11 heavy (non-hydrogen) atoms. The second kappa shape index (κ2) is 3.66. The lowest BCUT2D eigenvalue weighted by atomic mass is 10.5. The van der Waals surface area contributed by atoms with Gasteiger partial charge in [0.15, 0.2) is 12.6 Å². The zero-order valence-electron chi connectivity index (χ0n) is 6.15. The SMILES string of the molecule is CC(=O)OCC1OC(CO)O1. The summed E-state index contributed by atoms with van der Waals surface area (Å²) in [6, 6.07) is 0. The molecule has 0 aromatic carbocycles. The van der Waals surface area contributed by atoms with E-state index in [4.69, 9.17) is 14.6 Å². The van der Waals surface area contributed by atoms with Crippen LogP contribution in [0.4, 0.5) is 0 Å². The zero-order chi connectivity index (χ0) is 8.27. The Labute approximate surface area is 63.9 Å². The van der Waals surface area contributed by atoms with Gasteiger partial charge in [0.05, 0.1) is 6.61 Å². The topological polar surface area (TPSA) is 65.0 Å². The van der Waals surface area contributed by atoms with E-state index in [1.165, 1.54) is 6.92 Å². The Morgan fingerprint density at radius 3 is 2.64 bits per heavy atom. The molecule has 0 radical (unpaired) electrons. The van der Waals surface area contributed by atoms with Crippen LogP contribution in [0.2, 0.25) is 0 Å². The van der Waals surface area contributed by atoms with Crippen LogP contribution >= 0.6 is 0 Å². The van der Waals surface area contributed by atoms with Crippen LogP contribution in [0.1, 0.15) is 6.92 Å². The van der Waals surface area contributed by atoms with Gasteiger partial charge in [-0.3, -0.25) is 4.79 Å². The molecule has 64 valence electrons. The lowest BCUT2D eigenvalue weighted by molar-refractivity contribution is -0.396. The van der Waals surface area contributed by atoms with Crippen LogP contribution in [0.25, 0.3) is 0 Å². The van der Waals surface area contributed by atoms with Crippen molar-refractivity contribution in [1.29, 1.82) is 0 Å². The van der Waals surface area contributed by atoms with Crippen LogP contribution in [0.15, 0.2) is 0 Å². The van der Waals surface area contributed by atoms with Crippen LogP contribution in [-0.2, 0) is 19.0 Å². The molecule has 0 aliphatic carbocycles. The number of hydrogen-bond donors (Lipinski definition) is 1. The molecule has 0 unspecified atom stereocenters. The zero-order valence-corrected chi connectivity index (χ0v) is 6.15. The molecule has 5 nitrogen and oxygen atoms in total. The van der Waals surface area contributed by atoms with E-state index >= 15 is 0 Å². The van der Waals surface area contributed by atoms with Crippen molar-refractivity contribution in [3.05, 3.63) is 0 Å². The Bertz CT molecular complexity index is 140. The molecular weight excluding hydrogens is 152 g/mol. The first-order valence-corrected chi connectivity index (χ1v) is 3.27. The number of hydrogen-bond acceptors (Lipinski definition) is 5. The molecule has 1 heterocycles. The third-order valence-electron chi connectivity index (χ3n) is 1.18. The van der Waals surface area contributed by atoms with Crippen molar-refractivity contribution in [3.63, 3.8) is 0 Å². The number of rotatable bonds is 3. The van der Waals surface area contributed by atoms with E-state index in [0.29, 0.717) is 0 Å². The maximum absolute atomic E-state index is 10.3. The van der Waals surface area contributed by atoms with Gasteiger partial charge in [-0.1, -0.05) is 0 Å². The normalized spacial score (nSPS) is 29.3. The maximum Gasteiger partial charge on any atom is 0.302 e.